The SMILES string of the molecule is COc1cccc(C(=O)NN2C(=O)Cc3cc(OC)c(OC)cc3C2c2ccc(OC)c(OC)c2)c1. The lowest BCUT2D eigenvalue weighted by Crippen LogP contribution is -2.51. The molecule has 0 aromatic heterocycles. The molecule has 1 atom stereocenters. The van der Waals surface area contributed by atoms with Crippen molar-refractivity contribution in [3.8, 4) is 28.7 Å². The van der Waals surface area contributed by atoms with E-state index in [1.807, 2.05) is 12.1 Å². The highest BCUT2D eigenvalue weighted by Gasteiger charge is 2.37. The first kappa shape index (κ1) is 24.7. The van der Waals surface area contributed by atoms with Crippen LogP contribution < -0.4 is 29.1 Å². The molecule has 2 amide bonds. The highest BCUT2D eigenvalue weighted by atomic mass is 16.5. The smallest absolute Gasteiger partial charge is 0.270 e. The van der Waals surface area contributed by atoms with Crippen LogP contribution in [0.5, 0.6) is 28.7 Å². The molecular weight excluding hydrogens is 464 g/mol. The maximum absolute atomic E-state index is 13.4. The van der Waals surface area contributed by atoms with Crippen LogP contribution in [0.25, 0.3) is 0 Å². The highest BCUT2D eigenvalue weighted by Crippen LogP contribution is 2.42. The molecule has 9 nitrogen and oxygen atoms in total. The van der Waals surface area contributed by atoms with E-state index < -0.39 is 11.9 Å². The number of nitrogens with one attached hydrogen (secondary N) is 1. The molecule has 0 radical (unpaired) electrons. The monoisotopic (exact) mass is 492 g/mol. The van der Waals surface area contributed by atoms with Crippen LogP contribution >= 0.6 is 0 Å². The molecule has 3 aromatic rings. The van der Waals surface area contributed by atoms with Crippen molar-refractivity contribution in [2.24, 2.45) is 0 Å². The van der Waals surface area contributed by atoms with Crippen molar-refractivity contribution in [1.82, 2.24) is 10.4 Å². The second-order valence-corrected chi connectivity index (χ2v) is 8.04. The minimum absolute atomic E-state index is 0.0673. The summed E-state index contributed by atoms with van der Waals surface area (Å²) in [4.78, 5) is 26.6. The van der Waals surface area contributed by atoms with Crippen LogP contribution in [0.1, 0.15) is 33.1 Å². The number of hydrogen-bond donors (Lipinski definition) is 1. The third-order valence-electron chi connectivity index (χ3n) is 6.09. The molecule has 1 aliphatic rings. The van der Waals surface area contributed by atoms with Crippen LogP contribution in [0, 0.1) is 0 Å². The fourth-order valence-corrected chi connectivity index (χ4v) is 4.29. The van der Waals surface area contributed by atoms with Crippen molar-refractivity contribution in [2.75, 3.05) is 35.5 Å². The van der Waals surface area contributed by atoms with Crippen LogP contribution in [0.3, 0.4) is 0 Å². The van der Waals surface area contributed by atoms with Crippen molar-refractivity contribution in [3.05, 3.63) is 76.9 Å². The topological polar surface area (TPSA) is 95.6 Å². The summed E-state index contributed by atoms with van der Waals surface area (Å²) < 4.78 is 27.1. The van der Waals surface area contributed by atoms with E-state index in [0.717, 1.165) is 11.1 Å². The molecule has 1 unspecified atom stereocenters. The zero-order valence-corrected chi connectivity index (χ0v) is 20.8. The van der Waals surface area contributed by atoms with E-state index in [9.17, 15) is 9.59 Å². The van der Waals surface area contributed by atoms with Gasteiger partial charge in [-0.15, -0.1) is 0 Å². The number of nitrogens with zero attached hydrogens (tertiary/aromatic N) is 1. The number of carbonyl (C=O) groups excluding carboxylic acids is 2. The summed E-state index contributed by atoms with van der Waals surface area (Å²) in [5.74, 6) is 1.87. The quantitative estimate of drug-likeness (QED) is 0.514. The number of amides is 2. The fraction of sp³-hybridized carbons (Fsp3) is 0.259. The van der Waals surface area contributed by atoms with Crippen molar-refractivity contribution in [1.29, 1.82) is 0 Å². The van der Waals surface area contributed by atoms with Gasteiger partial charge in [-0.05, 0) is 59.2 Å². The van der Waals surface area contributed by atoms with E-state index in [1.165, 1.54) is 19.2 Å². The number of methoxy groups -OCH3 is 5. The van der Waals surface area contributed by atoms with Gasteiger partial charge in [0.2, 0.25) is 5.91 Å². The maximum atomic E-state index is 13.4. The summed E-state index contributed by atoms with van der Waals surface area (Å²) in [5, 5.41) is 1.34. The molecule has 0 fully saturated rings. The summed E-state index contributed by atoms with van der Waals surface area (Å²) in [6.45, 7) is 0. The van der Waals surface area contributed by atoms with E-state index in [4.69, 9.17) is 23.7 Å². The molecule has 1 aliphatic heterocycles. The first-order chi connectivity index (χ1) is 17.4. The Labute approximate surface area is 209 Å². The second-order valence-electron chi connectivity index (χ2n) is 8.04. The molecule has 0 saturated carbocycles. The lowest BCUT2D eigenvalue weighted by Gasteiger charge is -2.37. The van der Waals surface area contributed by atoms with Crippen LogP contribution in [0.2, 0.25) is 0 Å². The Morgan fingerprint density at radius 3 is 2.14 bits per heavy atom. The minimum atomic E-state index is -0.671. The summed E-state index contributed by atoms with van der Waals surface area (Å²) in [7, 11) is 7.71. The standard InChI is InChI=1S/C27H28N2O7/c1-32-19-8-6-7-17(11-19)27(31)28-29-25(30)14-18-13-23(35-4)24(36-5)15-20(18)26(29)16-9-10-21(33-2)22(12-16)34-3/h6-13,15,26H,14H2,1-5H3,(H,28,31). The summed E-state index contributed by atoms with van der Waals surface area (Å²) in [6.07, 6.45) is 0.0673. The highest BCUT2D eigenvalue weighted by molar-refractivity contribution is 5.96. The molecule has 0 saturated heterocycles. The molecule has 4 rings (SSSR count). The predicted octanol–water partition coefficient (Wildman–Crippen LogP) is 3.55. The number of hydrogen-bond acceptors (Lipinski definition) is 7. The van der Waals surface area contributed by atoms with Gasteiger partial charge >= 0.3 is 0 Å². The van der Waals surface area contributed by atoms with Crippen molar-refractivity contribution < 1.29 is 33.3 Å². The van der Waals surface area contributed by atoms with Gasteiger partial charge in [-0.3, -0.25) is 15.0 Å². The number of rotatable bonds is 8. The third-order valence-corrected chi connectivity index (χ3v) is 6.09. The first-order valence-corrected chi connectivity index (χ1v) is 11.2. The van der Waals surface area contributed by atoms with Gasteiger partial charge in [0.25, 0.3) is 5.91 Å². The minimum Gasteiger partial charge on any atom is -0.497 e. The van der Waals surface area contributed by atoms with Gasteiger partial charge in [-0.2, -0.15) is 0 Å². The van der Waals surface area contributed by atoms with Gasteiger partial charge in [0.05, 0.1) is 42.0 Å². The van der Waals surface area contributed by atoms with Crippen LogP contribution in [0.4, 0.5) is 0 Å². The largest absolute Gasteiger partial charge is 0.497 e. The van der Waals surface area contributed by atoms with Gasteiger partial charge in [-0.1, -0.05) is 12.1 Å². The first-order valence-electron chi connectivity index (χ1n) is 11.2. The zero-order valence-electron chi connectivity index (χ0n) is 20.8. The summed E-state index contributed by atoms with van der Waals surface area (Å²) in [5.41, 5.74) is 5.42. The van der Waals surface area contributed by atoms with E-state index in [1.54, 1.807) is 63.8 Å². The number of hydrazine groups is 1. The molecule has 0 bridgehead atoms. The summed E-state index contributed by atoms with van der Waals surface area (Å²) >= 11 is 0. The molecule has 1 N–H and O–H groups in total. The van der Waals surface area contributed by atoms with Gasteiger partial charge in [-0.25, -0.2) is 5.01 Å². The number of carbonyl (C=O) groups is 2. The van der Waals surface area contributed by atoms with Gasteiger partial charge < -0.3 is 23.7 Å². The average Bonchev–Trinajstić information content (AvgIpc) is 2.92. The van der Waals surface area contributed by atoms with Crippen LogP contribution in [-0.2, 0) is 11.2 Å². The molecule has 9 heteroatoms. The van der Waals surface area contributed by atoms with Crippen molar-refractivity contribution >= 4 is 11.8 Å². The molecule has 36 heavy (non-hydrogen) atoms. The Balaban J connectivity index is 1.83. The molecule has 1 heterocycles. The molecule has 188 valence electrons. The average molecular weight is 493 g/mol. The van der Waals surface area contributed by atoms with Gasteiger partial charge in [0.1, 0.15) is 11.8 Å². The lowest BCUT2D eigenvalue weighted by atomic mass is 9.88. The van der Waals surface area contributed by atoms with Crippen LogP contribution in [-0.4, -0.2) is 52.4 Å². The zero-order chi connectivity index (χ0) is 25.8. The Hall–Kier alpha value is -4.40. The fourth-order valence-electron chi connectivity index (χ4n) is 4.29. The van der Waals surface area contributed by atoms with Crippen molar-refractivity contribution in [2.45, 2.75) is 12.5 Å². The maximum Gasteiger partial charge on any atom is 0.270 e. The van der Waals surface area contributed by atoms with Gasteiger partial charge in [0, 0.05) is 5.56 Å². The number of benzene rings is 3. The number of fused-ring (bicyclic) bond motifs is 1. The third kappa shape index (κ3) is 4.59. The van der Waals surface area contributed by atoms with Gasteiger partial charge in [0.15, 0.2) is 23.0 Å². The molecule has 3 aromatic carbocycles. The Kier molecular flexibility index (Phi) is 7.19. The van der Waals surface area contributed by atoms with E-state index in [0.29, 0.717) is 39.9 Å². The summed E-state index contributed by atoms with van der Waals surface area (Å²) in [6, 6.07) is 15.0. The Morgan fingerprint density at radius 2 is 1.47 bits per heavy atom. The molecule has 0 spiro atoms. The molecule has 0 aliphatic carbocycles. The van der Waals surface area contributed by atoms with E-state index >= 15 is 0 Å². The van der Waals surface area contributed by atoms with E-state index in [2.05, 4.69) is 5.43 Å². The predicted molar refractivity (Wildman–Crippen MR) is 132 cm³/mol. The van der Waals surface area contributed by atoms with Crippen LogP contribution in [0.15, 0.2) is 54.6 Å². The Bertz CT molecular complexity index is 1290. The molecular formula is C27H28N2O7. The Morgan fingerprint density at radius 1 is 0.806 bits per heavy atom. The number of ether oxygens (including phenoxy) is 5. The van der Waals surface area contributed by atoms with E-state index in [-0.39, 0.29) is 12.3 Å². The van der Waals surface area contributed by atoms with Crippen molar-refractivity contribution in [3.63, 3.8) is 0 Å². The second kappa shape index (κ2) is 10.5. The lowest BCUT2D eigenvalue weighted by molar-refractivity contribution is -0.136. The normalized spacial score (nSPS) is 14.5.